The highest BCUT2D eigenvalue weighted by Gasteiger charge is 2.20. The zero-order valence-corrected chi connectivity index (χ0v) is 14.8. The van der Waals surface area contributed by atoms with Crippen LogP contribution >= 0.6 is 0 Å². The van der Waals surface area contributed by atoms with Gasteiger partial charge < -0.3 is 14.1 Å². The van der Waals surface area contributed by atoms with Crippen LogP contribution in [-0.4, -0.2) is 62.0 Å². The lowest BCUT2D eigenvalue weighted by Gasteiger charge is -2.24. The van der Waals surface area contributed by atoms with Gasteiger partial charge in [-0.15, -0.1) is 5.10 Å². The van der Waals surface area contributed by atoms with E-state index in [1.54, 1.807) is 17.8 Å². The number of aliphatic imine (C=N–C) groups is 1. The van der Waals surface area contributed by atoms with E-state index in [1.165, 1.54) is 12.1 Å². The third-order valence-corrected chi connectivity index (χ3v) is 4.19. The molecule has 11 heteroatoms. The Labute approximate surface area is 153 Å². The highest BCUT2D eigenvalue weighted by atomic mass is 16.6. The smallest absolute Gasteiger partial charge is 0.399 e. The molecule has 4 rings (SSSR count). The number of morpholine rings is 1. The van der Waals surface area contributed by atoms with Crippen molar-refractivity contribution in [1.29, 1.82) is 0 Å². The second-order valence-electron chi connectivity index (χ2n) is 6.07. The Balaban J connectivity index is 1.80. The minimum atomic E-state index is -0.587. The van der Waals surface area contributed by atoms with Crippen LogP contribution in [0.25, 0.3) is 17.1 Å². The lowest BCUT2D eigenvalue weighted by Crippen LogP contribution is -2.35. The molecule has 0 aliphatic carbocycles. The normalized spacial score (nSPS) is 15.1. The molecule has 1 aliphatic rings. The number of aryl methyl sites for hydroxylation is 2. The molecule has 1 aliphatic heterocycles. The summed E-state index contributed by atoms with van der Waals surface area (Å²) in [6, 6.07) is 2.81. The first-order chi connectivity index (χ1) is 13.0. The van der Waals surface area contributed by atoms with Crippen LogP contribution in [0.3, 0.4) is 0 Å². The van der Waals surface area contributed by atoms with E-state index >= 15 is 0 Å². The monoisotopic (exact) mass is 371 g/mol. The SMILES string of the molecule is Cc1nc2c(C)c(-c3ccc([N+](=O)[O-])o3)nc(N=CN3CCOCC3)n2n1. The summed E-state index contributed by atoms with van der Waals surface area (Å²) in [4.78, 5) is 25.8. The maximum Gasteiger partial charge on any atom is 0.433 e. The fourth-order valence-electron chi connectivity index (χ4n) is 2.84. The highest BCUT2D eigenvalue weighted by Crippen LogP contribution is 2.30. The number of aromatic nitrogens is 4. The van der Waals surface area contributed by atoms with Gasteiger partial charge in [-0.1, -0.05) is 0 Å². The molecule has 1 saturated heterocycles. The van der Waals surface area contributed by atoms with Gasteiger partial charge in [0.05, 0.1) is 25.6 Å². The predicted molar refractivity (Wildman–Crippen MR) is 95.2 cm³/mol. The lowest BCUT2D eigenvalue weighted by atomic mass is 10.2. The zero-order chi connectivity index (χ0) is 19.0. The second-order valence-corrected chi connectivity index (χ2v) is 6.07. The molecule has 0 aromatic carbocycles. The average Bonchev–Trinajstić information content (AvgIpc) is 3.29. The van der Waals surface area contributed by atoms with Crippen molar-refractivity contribution >= 4 is 23.8 Å². The molecule has 27 heavy (non-hydrogen) atoms. The molecule has 0 radical (unpaired) electrons. The summed E-state index contributed by atoms with van der Waals surface area (Å²) in [5.74, 6) is 0.828. The van der Waals surface area contributed by atoms with Crippen LogP contribution in [0.15, 0.2) is 21.5 Å². The Kier molecular flexibility index (Phi) is 4.28. The summed E-state index contributed by atoms with van der Waals surface area (Å²) in [7, 11) is 0. The first-order valence-corrected chi connectivity index (χ1v) is 8.37. The van der Waals surface area contributed by atoms with Crippen LogP contribution in [0.2, 0.25) is 0 Å². The summed E-state index contributed by atoms with van der Waals surface area (Å²) < 4.78 is 12.2. The van der Waals surface area contributed by atoms with E-state index in [9.17, 15) is 10.1 Å². The molecular weight excluding hydrogens is 354 g/mol. The number of fused-ring (bicyclic) bond motifs is 1. The van der Waals surface area contributed by atoms with Crippen molar-refractivity contribution in [2.24, 2.45) is 4.99 Å². The predicted octanol–water partition coefficient (Wildman–Crippen LogP) is 1.90. The molecule has 3 aromatic heterocycles. The van der Waals surface area contributed by atoms with E-state index in [-0.39, 0.29) is 11.6 Å². The third kappa shape index (κ3) is 3.24. The molecule has 0 spiro atoms. The number of furan rings is 1. The minimum Gasteiger partial charge on any atom is -0.399 e. The van der Waals surface area contributed by atoms with Crippen molar-refractivity contribution in [3.63, 3.8) is 0 Å². The standard InChI is InChI=1S/C16H17N7O4/c1-10-14(12-3-4-13(27-12)23(24)25)19-16(22-15(10)18-11(2)20-22)17-9-21-5-7-26-8-6-21/h3-4,9H,5-8H2,1-2H3. The molecule has 0 N–H and O–H groups in total. The van der Waals surface area contributed by atoms with E-state index in [0.717, 1.165) is 13.1 Å². The van der Waals surface area contributed by atoms with Gasteiger partial charge in [-0.25, -0.2) is 15.0 Å². The Bertz CT molecular complexity index is 1030. The van der Waals surface area contributed by atoms with Gasteiger partial charge in [-0.05, 0) is 19.9 Å². The highest BCUT2D eigenvalue weighted by molar-refractivity contribution is 5.69. The average molecular weight is 371 g/mol. The fourth-order valence-corrected chi connectivity index (χ4v) is 2.84. The van der Waals surface area contributed by atoms with E-state index in [4.69, 9.17) is 9.15 Å². The van der Waals surface area contributed by atoms with Crippen LogP contribution in [0.5, 0.6) is 0 Å². The number of rotatable bonds is 4. The molecular formula is C16H17N7O4. The van der Waals surface area contributed by atoms with Crippen molar-refractivity contribution in [1.82, 2.24) is 24.5 Å². The number of hydrogen-bond donors (Lipinski definition) is 0. The second kappa shape index (κ2) is 6.76. The van der Waals surface area contributed by atoms with Crippen molar-refractivity contribution in [2.45, 2.75) is 13.8 Å². The number of nitrogens with zero attached hydrogens (tertiary/aromatic N) is 7. The minimum absolute atomic E-state index is 0.283. The zero-order valence-electron chi connectivity index (χ0n) is 14.8. The van der Waals surface area contributed by atoms with Crippen LogP contribution in [0.4, 0.5) is 11.8 Å². The summed E-state index contributed by atoms with van der Waals surface area (Å²) >= 11 is 0. The van der Waals surface area contributed by atoms with Crippen molar-refractivity contribution in [2.75, 3.05) is 26.3 Å². The van der Waals surface area contributed by atoms with Crippen LogP contribution in [0.1, 0.15) is 11.4 Å². The largest absolute Gasteiger partial charge is 0.433 e. The van der Waals surface area contributed by atoms with Gasteiger partial charge in [0.15, 0.2) is 11.4 Å². The molecule has 0 amide bonds. The van der Waals surface area contributed by atoms with E-state index in [0.29, 0.717) is 41.9 Å². The number of nitro groups is 1. The van der Waals surface area contributed by atoms with Gasteiger partial charge in [0.2, 0.25) is 0 Å². The molecule has 3 aromatic rings. The van der Waals surface area contributed by atoms with Crippen LogP contribution < -0.4 is 0 Å². The van der Waals surface area contributed by atoms with Crippen molar-refractivity contribution in [3.8, 4) is 11.5 Å². The first kappa shape index (κ1) is 17.1. The number of hydrogen-bond acceptors (Lipinski definition) is 8. The number of ether oxygens (including phenoxy) is 1. The van der Waals surface area contributed by atoms with E-state index in [2.05, 4.69) is 20.1 Å². The summed E-state index contributed by atoms with van der Waals surface area (Å²) in [5.41, 5.74) is 1.72. The van der Waals surface area contributed by atoms with Crippen molar-refractivity contribution < 1.29 is 14.1 Å². The summed E-state index contributed by atoms with van der Waals surface area (Å²) in [6.45, 7) is 6.37. The third-order valence-electron chi connectivity index (χ3n) is 4.19. The first-order valence-electron chi connectivity index (χ1n) is 8.37. The molecule has 1 fully saturated rings. The summed E-state index contributed by atoms with van der Waals surface area (Å²) in [6.07, 6.45) is 1.70. The Morgan fingerprint density at radius 3 is 2.74 bits per heavy atom. The van der Waals surface area contributed by atoms with E-state index in [1.807, 2.05) is 11.8 Å². The van der Waals surface area contributed by atoms with E-state index < -0.39 is 4.92 Å². The molecule has 0 bridgehead atoms. The maximum absolute atomic E-state index is 10.9. The van der Waals surface area contributed by atoms with Gasteiger partial charge in [0.25, 0.3) is 5.95 Å². The molecule has 11 nitrogen and oxygen atoms in total. The lowest BCUT2D eigenvalue weighted by molar-refractivity contribution is -0.401. The summed E-state index contributed by atoms with van der Waals surface area (Å²) in [5, 5.41) is 15.3. The molecule has 0 unspecified atom stereocenters. The fraction of sp³-hybridized carbons (Fsp3) is 0.375. The topological polar surface area (TPSA) is 124 Å². The molecule has 4 heterocycles. The Hall–Kier alpha value is -3.34. The maximum atomic E-state index is 10.9. The van der Waals surface area contributed by atoms with Crippen LogP contribution in [0, 0.1) is 24.0 Å². The van der Waals surface area contributed by atoms with Gasteiger partial charge in [0.1, 0.15) is 16.4 Å². The Morgan fingerprint density at radius 2 is 2.04 bits per heavy atom. The van der Waals surface area contributed by atoms with Gasteiger partial charge in [0, 0.05) is 18.7 Å². The quantitative estimate of drug-likeness (QED) is 0.295. The molecule has 0 saturated carbocycles. The Morgan fingerprint density at radius 1 is 1.26 bits per heavy atom. The van der Waals surface area contributed by atoms with Crippen LogP contribution in [-0.2, 0) is 4.74 Å². The van der Waals surface area contributed by atoms with Gasteiger partial charge >= 0.3 is 5.88 Å². The molecule has 0 atom stereocenters. The molecule has 140 valence electrons. The van der Waals surface area contributed by atoms with Gasteiger partial charge in [-0.2, -0.15) is 4.52 Å². The van der Waals surface area contributed by atoms with Gasteiger partial charge in [-0.3, -0.25) is 10.1 Å². The van der Waals surface area contributed by atoms with Crippen molar-refractivity contribution in [3.05, 3.63) is 33.6 Å².